The molecule has 1 aromatic rings. The Kier molecular flexibility index (Phi) is 1.32. The average molecular weight is 208 g/mol. The van der Waals surface area contributed by atoms with Crippen molar-refractivity contribution in [3.63, 3.8) is 0 Å². The number of aromatic amines is 1. The second-order valence-electron chi connectivity index (χ2n) is 1.32. The molecule has 0 unspecified atom stereocenters. The van der Waals surface area contributed by atoms with E-state index in [1.165, 1.54) is 3.57 Å². The van der Waals surface area contributed by atoms with Gasteiger partial charge in [0.25, 0.3) is 0 Å². The van der Waals surface area contributed by atoms with E-state index in [2.05, 4.69) is 32.8 Å². The topological polar surface area (TPSA) is 28.7 Å². The van der Waals surface area contributed by atoms with E-state index in [-0.39, 0.29) is 0 Å². The quantitative estimate of drug-likeness (QED) is 0.640. The molecule has 0 bridgehead atoms. The summed E-state index contributed by atoms with van der Waals surface area (Å²) < 4.78 is 1.19. The molecule has 0 saturated carbocycles. The average Bonchev–Trinajstić information content (AvgIpc) is 1.91. The van der Waals surface area contributed by atoms with Crippen molar-refractivity contribution in [2.45, 2.75) is 6.92 Å². The minimum atomic E-state index is 1.07. The number of aryl methyl sites for hydroxylation is 1. The summed E-state index contributed by atoms with van der Waals surface area (Å²) in [5.74, 6) is 0. The van der Waals surface area contributed by atoms with E-state index >= 15 is 0 Å². The van der Waals surface area contributed by atoms with Gasteiger partial charge in [-0.05, 0) is 29.5 Å². The van der Waals surface area contributed by atoms with Gasteiger partial charge in [0, 0.05) is 6.20 Å². The maximum absolute atomic E-state index is 3.88. The van der Waals surface area contributed by atoms with Crippen molar-refractivity contribution in [3.8, 4) is 0 Å². The lowest BCUT2D eigenvalue weighted by Crippen LogP contribution is -1.69. The summed E-state index contributed by atoms with van der Waals surface area (Å²) in [5.41, 5.74) is 1.07. The minimum absolute atomic E-state index is 1.07. The van der Waals surface area contributed by atoms with Crippen molar-refractivity contribution < 1.29 is 0 Å². The van der Waals surface area contributed by atoms with E-state index < -0.39 is 0 Å². The number of hydrogen-bond donors (Lipinski definition) is 1. The van der Waals surface area contributed by atoms with Crippen LogP contribution >= 0.6 is 22.6 Å². The predicted molar refractivity (Wildman–Crippen MR) is 36.0 cm³/mol. The summed E-state index contributed by atoms with van der Waals surface area (Å²) in [5, 5.41) is 6.62. The van der Waals surface area contributed by atoms with Gasteiger partial charge in [-0.2, -0.15) is 5.10 Å². The summed E-state index contributed by atoms with van der Waals surface area (Å²) >= 11 is 2.23. The van der Waals surface area contributed by atoms with Gasteiger partial charge in [-0.3, -0.25) is 5.10 Å². The minimum Gasteiger partial charge on any atom is -0.284 e. The third-order valence-corrected chi connectivity index (χ3v) is 1.86. The molecule has 0 saturated heterocycles. The van der Waals surface area contributed by atoms with Crippen LogP contribution in [0.3, 0.4) is 0 Å². The Labute approximate surface area is 55.5 Å². The fourth-order valence-corrected chi connectivity index (χ4v) is 0.603. The van der Waals surface area contributed by atoms with Crippen molar-refractivity contribution >= 4 is 22.6 Å². The summed E-state index contributed by atoms with van der Waals surface area (Å²) in [6.45, 7) is 1.97. The molecule has 0 aliphatic carbocycles. The van der Waals surface area contributed by atoms with Gasteiger partial charge in [0.05, 0.1) is 9.26 Å². The Morgan fingerprint density at radius 2 is 2.57 bits per heavy atom. The SMILES string of the molecule is Cc1n[nH]cc1I. The molecule has 0 radical (unpaired) electrons. The number of nitrogens with zero attached hydrogens (tertiary/aromatic N) is 1. The van der Waals surface area contributed by atoms with Crippen LogP contribution in [0.15, 0.2) is 6.20 Å². The molecule has 0 atom stereocenters. The zero-order valence-corrected chi connectivity index (χ0v) is 6.06. The highest BCUT2D eigenvalue weighted by atomic mass is 127. The third-order valence-electron chi connectivity index (χ3n) is 0.769. The second kappa shape index (κ2) is 1.81. The Bertz CT molecular complexity index is 142. The smallest absolute Gasteiger partial charge is 0.0724 e. The zero-order valence-electron chi connectivity index (χ0n) is 3.90. The number of hydrogen-bond acceptors (Lipinski definition) is 1. The molecule has 0 spiro atoms. The first-order valence-corrected chi connectivity index (χ1v) is 3.04. The molecule has 0 aliphatic rings. The molecule has 7 heavy (non-hydrogen) atoms. The molecule has 38 valence electrons. The van der Waals surface area contributed by atoms with Crippen molar-refractivity contribution in [2.75, 3.05) is 0 Å². The maximum Gasteiger partial charge on any atom is 0.0724 e. The molecule has 0 amide bonds. The molecule has 3 heteroatoms. The van der Waals surface area contributed by atoms with Crippen LogP contribution in [0, 0.1) is 10.5 Å². The fourth-order valence-electron chi connectivity index (χ4n) is 0.344. The van der Waals surface area contributed by atoms with E-state index in [1.807, 2.05) is 13.1 Å². The molecular formula is C4H5IN2. The molecule has 2 nitrogen and oxygen atoms in total. The van der Waals surface area contributed by atoms with Crippen LogP contribution in [0.4, 0.5) is 0 Å². The highest BCUT2D eigenvalue weighted by molar-refractivity contribution is 14.1. The first-order chi connectivity index (χ1) is 3.30. The standard InChI is InChI=1S/C4H5IN2/c1-3-4(5)2-6-7-3/h2H,1H3,(H,6,7). The Balaban J connectivity index is 3.12. The molecule has 1 aromatic heterocycles. The molecule has 1 N–H and O–H groups in total. The number of nitrogens with one attached hydrogen (secondary N) is 1. The fraction of sp³-hybridized carbons (Fsp3) is 0.250. The zero-order chi connectivity index (χ0) is 5.28. The van der Waals surface area contributed by atoms with E-state index in [4.69, 9.17) is 0 Å². The summed E-state index contributed by atoms with van der Waals surface area (Å²) in [6.07, 6.45) is 1.87. The summed E-state index contributed by atoms with van der Waals surface area (Å²) in [6, 6.07) is 0. The molecule has 0 aromatic carbocycles. The van der Waals surface area contributed by atoms with Gasteiger partial charge in [-0.1, -0.05) is 0 Å². The lowest BCUT2D eigenvalue weighted by atomic mass is 10.5. The van der Waals surface area contributed by atoms with E-state index in [1.54, 1.807) is 0 Å². The molecule has 0 aliphatic heterocycles. The molecule has 0 fully saturated rings. The van der Waals surface area contributed by atoms with Crippen molar-refractivity contribution in [1.82, 2.24) is 10.2 Å². The lowest BCUT2D eigenvalue weighted by molar-refractivity contribution is 1.05. The van der Waals surface area contributed by atoms with Gasteiger partial charge in [-0.25, -0.2) is 0 Å². The highest BCUT2D eigenvalue weighted by Gasteiger charge is 1.90. The second-order valence-corrected chi connectivity index (χ2v) is 2.48. The lowest BCUT2D eigenvalue weighted by Gasteiger charge is -1.74. The maximum atomic E-state index is 3.88. The van der Waals surface area contributed by atoms with E-state index in [9.17, 15) is 0 Å². The van der Waals surface area contributed by atoms with Crippen molar-refractivity contribution in [2.24, 2.45) is 0 Å². The van der Waals surface area contributed by atoms with Gasteiger partial charge in [0.2, 0.25) is 0 Å². The predicted octanol–water partition coefficient (Wildman–Crippen LogP) is 1.32. The number of rotatable bonds is 0. The van der Waals surface area contributed by atoms with Crippen LogP contribution in [-0.2, 0) is 0 Å². The van der Waals surface area contributed by atoms with Crippen molar-refractivity contribution in [1.29, 1.82) is 0 Å². The van der Waals surface area contributed by atoms with Crippen LogP contribution < -0.4 is 0 Å². The van der Waals surface area contributed by atoms with E-state index in [0.717, 1.165) is 5.69 Å². The molecular weight excluding hydrogens is 203 g/mol. The first kappa shape index (κ1) is 5.08. The summed E-state index contributed by atoms with van der Waals surface area (Å²) in [4.78, 5) is 0. The first-order valence-electron chi connectivity index (χ1n) is 1.96. The number of halogens is 1. The normalized spacial score (nSPS) is 9.43. The van der Waals surface area contributed by atoms with Gasteiger partial charge >= 0.3 is 0 Å². The van der Waals surface area contributed by atoms with Crippen LogP contribution in [0.25, 0.3) is 0 Å². The van der Waals surface area contributed by atoms with Gasteiger partial charge < -0.3 is 0 Å². The number of aromatic nitrogens is 2. The Morgan fingerprint density at radius 3 is 2.71 bits per heavy atom. The van der Waals surface area contributed by atoms with Crippen LogP contribution in [0.2, 0.25) is 0 Å². The Hall–Kier alpha value is -0.0600. The number of H-pyrrole nitrogens is 1. The Morgan fingerprint density at radius 1 is 1.86 bits per heavy atom. The molecule has 1 rings (SSSR count). The van der Waals surface area contributed by atoms with Crippen molar-refractivity contribution in [3.05, 3.63) is 15.5 Å². The monoisotopic (exact) mass is 208 g/mol. The van der Waals surface area contributed by atoms with Gasteiger partial charge in [0.15, 0.2) is 0 Å². The van der Waals surface area contributed by atoms with E-state index in [0.29, 0.717) is 0 Å². The largest absolute Gasteiger partial charge is 0.284 e. The summed E-state index contributed by atoms with van der Waals surface area (Å²) in [7, 11) is 0. The van der Waals surface area contributed by atoms with Crippen LogP contribution in [0.5, 0.6) is 0 Å². The van der Waals surface area contributed by atoms with Gasteiger partial charge in [-0.15, -0.1) is 0 Å². The van der Waals surface area contributed by atoms with Gasteiger partial charge in [0.1, 0.15) is 0 Å². The molecule has 1 heterocycles. The third kappa shape index (κ3) is 0.933. The van der Waals surface area contributed by atoms with Crippen LogP contribution in [0.1, 0.15) is 5.69 Å². The van der Waals surface area contributed by atoms with Crippen LogP contribution in [-0.4, -0.2) is 10.2 Å². The highest BCUT2D eigenvalue weighted by Crippen LogP contribution is 2.03.